The van der Waals surface area contributed by atoms with Gasteiger partial charge in [0.2, 0.25) is 0 Å². The summed E-state index contributed by atoms with van der Waals surface area (Å²) in [6.45, 7) is 4.53. The highest BCUT2D eigenvalue weighted by Crippen LogP contribution is 2.18. The molecule has 0 bridgehead atoms. The van der Waals surface area contributed by atoms with E-state index in [1.54, 1.807) is 0 Å². The number of hydrogen-bond donors (Lipinski definition) is 0. The molecule has 0 aliphatic heterocycles. The Hall–Kier alpha value is -1.53. The van der Waals surface area contributed by atoms with Crippen molar-refractivity contribution < 1.29 is 0 Å². The van der Waals surface area contributed by atoms with Gasteiger partial charge in [0.1, 0.15) is 0 Å². The molecule has 110 valence electrons. The first kappa shape index (κ1) is 15.9. The first-order valence-electron chi connectivity index (χ1n) is 7.60. The van der Waals surface area contributed by atoms with Crippen molar-refractivity contribution in [2.45, 2.75) is 33.1 Å². The van der Waals surface area contributed by atoms with Gasteiger partial charge in [-0.2, -0.15) is 0 Å². The van der Waals surface area contributed by atoms with Gasteiger partial charge in [-0.15, -0.1) is 0 Å². The molecular formula is C20H23Cl. The van der Waals surface area contributed by atoms with Crippen LogP contribution in [-0.2, 0) is 12.8 Å². The molecule has 0 nitrogen and oxygen atoms in total. The monoisotopic (exact) mass is 298 g/mol. The van der Waals surface area contributed by atoms with Gasteiger partial charge in [-0.25, -0.2) is 0 Å². The van der Waals surface area contributed by atoms with E-state index in [0.717, 1.165) is 24.3 Å². The molecule has 0 N–H and O–H groups in total. The molecule has 0 aliphatic carbocycles. The van der Waals surface area contributed by atoms with E-state index in [9.17, 15) is 0 Å². The molecule has 0 radical (unpaired) electrons. The molecule has 0 saturated heterocycles. The summed E-state index contributed by atoms with van der Waals surface area (Å²) in [7, 11) is 0. The van der Waals surface area contributed by atoms with Gasteiger partial charge in [-0.1, -0.05) is 79.6 Å². The Kier molecular flexibility index (Phi) is 6.07. The third-order valence-corrected chi connectivity index (χ3v) is 3.75. The van der Waals surface area contributed by atoms with E-state index in [0.29, 0.717) is 5.92 Å². The third kappa shape index (κ3) is 5.77. The number of rotatable bonds is 6. The molecule has 0 amide bonds. The zero-order chi connectivity index (χ0) is 15.1. The predicted molar refractivity (Wildman–Crippen MR) is 92.8 cm³/mol. The highest BCUT2D eigenvalue weighted by Gasteiger charge is 2.03. The van der Waals surface area contributed by atoms with E-state index >= 15 is 0 Å². The van der Waals surface area contributed by atoms with Crippen molar-refractivity contribution in [2.75, 3.05) is 0 Å². The third-order valence-electron chi connectivity index (χ3n) is 3.50. The van der Waals surface area contributed by atoms with Gasteiger partial charge in [-0.3, -0.25) is 0 Å². The fraction of sp³-hybridized carbons (Fsp3) is 0.300. The fourth-order valence-electron chi connectivity index (χ4n) is 2.33. The van der Waals surface area contributed by atoms with Crippen LogP contribution < -0.4 is 0 Å². The molecule has 21 heavy (non-hydrogen) atoms. The molecule has 2 aromatic carbocycles. The van der Waals surface area contributed by atoms with Gasteiger partial charge in [0.15, 0.2) is 0 Å². The maximum absolute atomic E-state index is 5.97. The van der Waals surface area contributed by atoms with Crippen LogP contribution in [0.4, 0.5) is 0 Å². The Labute approximate surface area is 133 Å². The minimum Gasteiger partial charge on any atom is -0.0844 e. The number of benzene rings is 2. The standard InChI is InChI=1S/C20H23Cl/c1-16(2)8-9-19(14-17-6-4-3-5-7-17)15-18-10-12-20(21)13-11-18/h3-7,9-13,16H,8,14-15H2,1-2H3/b19-9-. The van der Waals surface area contributed by atoms with Crippen molar-refractivity contribution in [3.05, 3.63) is 82.4 Å². The second-order valence-corrected chi connectivity index (χ2v) is 6.39. The van der Waals surface area contributed by atoms with E-state index in [1.807, 2.05) is 12.1 Å². The zero-order valence-corrected chi connectivity index (χ0v) is 13.6. The van der Waals surface area contributed by atoms with Crippen LogP contribution in [0, 0.1) is 5.92 Å². The smallest absolute Gasteiger partial charge is 0.0406 e. The molecule has 0 heterocycles. The highest BCUT2D eigenvalue weighted by molar-refractivity contribution is 6.30. The quantitative estimate of drug-likeness (QED) is 0.565. The lowest BCUT2D eigenvalue weighted by Crippen LogP contribution is -1.97. The summed E-state index contributed by atoms with van der Waals surface area (Å²) in [5, 5.41) is 0.800. The van der Waals surface area contributed by atoms with Crippen molar-refractivity contribution in [1.82, 2.24) is 0 Å². The molecule has 2 aromatic rings. The Balaban J connectivity index is 2.12. The lowest BCUT2D eigenvalue weighted by molar-refractivity contribution is 0.659. The van der Waals surface area contributed by atoms with E-state index in [4.69, 9.17) is 11.6 Å². The molecule has 0 saturated carbocycles. The molecule has 0 atom stereocenters. The van der Waals surface area contributed by atoms with E-state index in [1.165, 1.54) is 16.7 Å². The Morgan fingerprint density at radius 2 is 1.48 bits per heavy atom. The van der Waals surface area contributed by atoms with Crippen LogP contribution in [0.3, 0.4) is 0 Å². The van der Waals surface area contributed by atoms with Crippen LogP contribution in [0.2, 0.25) is 5.02 Å². The van der Waals surface area contributed by atoms with Gasteiger partial charge < -0.3 is 0 Å². The minimum atomic E-state index is 0.695. The van der Waals surface area contributed by atoms with Crippen LogP contribution in [0.15, 0.2) is 66.2 Å². The molecule has 1 heteroatoms. The van der Waals surface area contributed by atoms with Gasteiger partial charge >= 0.3 is 0 Å². The van der Waals surface area contributed by atoms with Crippen molar-refractivity contribution in [1.29, 1.82) is 0 Å². The highest BCUT2D eigenvalue weighted by atomic mass is 35.5. The predicted octanol–water partition coefficient (Wildman–Crippen LogP) is 6.10. The van der Waals surface area contributed by atoms with Crippen molar-refractivity contribution in [3.8, 4) is 0 Å². The Morgan fingerprint density at radius 1 is 0.905 bits per heavy atom. The first-order valence-corrected chi connectivity index (χ1v) is 7.97. The molecular weight excluding hydrogens is 276 g/mol. The van der Waals surface area contributed by atoms with Gasteiger partial charge in [0, 0.05) is 5.02 Å². The van der Waals surface area contributed by atoms with Gasteiger partial charge in [0.25, 0.3) is 0 Å². The summed E-state index contributed by atoms with van der Waals surface area (Å²) in [6, 6.07) is 18.9. The van der Waals surface area contributed by atoms with Crippen LogP contribution in [0.5, 0.6) is 0 Å². The zero-order valence-electron chi connectivity index (χ0n) is 12.9. The van der Waals surface area contributed by atoms with Crippen LogP contribution in [-0.4, -0.2) is 0 Å². The second-order valence-electron chi connectivity index (χ2n) is 5.96. The van der Waals surface area contributed by atoms with E-state index in [-0.39, 0.29) is 0 Å². The molecule has 2 rings (SSSR count). The minimum absolute atomic E-state index is 0.695. The van der Waals surface area contributed by atoms with Gasteiger partial charge in [0.05, 0.1) is 0 Å². The Morgan fingerprint density at radius 3 is 2.05 bits per heavy atom. The SMILES string of the molecule is CC(C)C/C=C(/Cc1ccccc1)Cc1ccc(Cl)cc1. The summed E-state index contributed by atoms with van der Waals surface area (Å²) in [5.41, 5.74) is 4.18. The number of allylic oxidation sites excluding steroid dienone is 2. The van der Waals surface area contributed by atoms with Crippen LogP contribution in [0.25, 0.3) is 0 Å². The Bertz CT molecular complexity index is 565. The summed E-state index contributed by atoms with van der Waals surface area (Å²) >= 11 is 5.97. The van der Waals surface area contributed by atoms with E-state index in [2.05, 4.69) is 62.4 Å². The normalized spacial score (nSPS) is 11.9. The summed E-state index contributed by atoms with van der Waals surface area (Å²) in [4.78, 5) is 0. The first-order chi connectivity index (χ1) is 10.1. The van der Waals surface area contributed by atoms with E-state index < -0.39 is 0 Å². The van der Waals surface area contributed by atoms with Crippen LogP contribution in [0.1, 0.15) is 31.4 Å². The van der Waals surface area contributed by atoms with Crippen molar-refractivity contribution >= 4 is 11.6 Å². The van der Waals surface area contributed by atoms with Crippen LogP contribution >= 0.6 is 11.6 Å². The largest absolute Gasteiger partial charge is 0.0844 e. The maximum atomic E-state index is 5.97. The number of halogens is 1. The summed E-state index contributed by atoms with van der Waals surface area (Å²) in [6.07, 6.45) is 5.57. The molecule has 0 unspecified atom stereocenters. The molecule has 0 aliphatic rings. The average Bonchev–Trinajstić information content (AvgIpc) is 2.48. The molecule has 0 fully saturated rings. The lowest BCUT2D eigenvalue weighted by Gasteiger charge is -2.10. The fourth-order valence-corrected chi connectivity index (χ4v) is 2.46. The summed E-state index contributed by atoms with van der Waals surface area (Å²) in [5.74, 6) is 0.695. The topological polar surface area (TPSA) is 0 Å². The second kappa shape index (κ2) is 8.05. The van der Waals surface area contributed by atoms with Crippen molar-refractivity contribution in [3.63, 3.8) is 0 Å². The lowest BCUT2D eigenvalue weighted by atomic mass is 9.96. The number of hydrogen-bond acceptors (Lipinski definition) is 0. The molecule has 0 spiro atoms. The van der Waals surface area contributed by atoms with Gasteiger partial charge in [-0.05, 0) is 48.4 Å². The average molecular weight is 299 g/mol. The summed E-state index contributed by atoms with van der Waals surface area (Å²) < 4.78 is 0. The molecule has 0 aromatic heterocycles. The maximum Gasteiger partial charge on any atom is 0.0406 e. The van der Waals surface area contributed by atoms with Crippen molar-refractivity contribution in [2.24, 2.45) is 5.92 Å².